The molecule has 16 heavy (non-hydrogen) atoms. The normalized spacial score (nSPS) is 39.2. The molecule has 2 aliphatic rings. The van der Waals surface area contributed by atoms with Crippen LogP contribution in [0.4, 0.5) is 0 Å². The van der Waals surface area contributed by atoms with Crippen LogP contribution in [0.25, 0.3) is 0 Å². The minimum absolute atomic E-state index is 0.346. The van der Waals surface area contributed by atoms with Crippen molar-refractivity contribution in [2.24, 2.45) is 11.3 Å². The van der Waals surface area contributed by atoms with Crippen molar-refractivity contribution in [1.82, 2.24) is 5.32 Å². The van der Waals surface area contributed by atoms with E-state index in [9.17, 15) is 0 Å². The molecular weight excluding hydrogens is 214 g/mol. The van der Waals surface area contributed by atoms with Gasteiger partial charge in [0.1, 0.15) is 0 Å². The third-order valence-electron chi connectivity index (χ3n) is 4.29. The van der Waals surface area contributed by atoms with Gasteiger partial charge in [-0.15, -0.1) is 11.8 Å². The zero-order valence-corrected chi connectivity index (χ0v) is 12.3. The van der Waals surface area contributed by atoms with Crippen molar-refractivity contribution in [3.63, 3.8) is 0 Å². The van der Waals surface area contributed by atoms with Crippen molar-refractivity contribution in [2.45, 2.75) is 70.7 Å². The van der Waals surface area contributed by atoms with Crippen molar-refractivity contribution in [1.29, 1.82) is 0 Å². The number of thioether (sulfide) groups is 1. The fourth-order valence-corrected chi connectivity index (χ4v) is 4.81. The van der Waals surface area contributed by atoms with Gasteiger partial charge in [-0.1, -0.05) is 20.8 Å². The molecule has 2 rings (SSSR count). The second kappa shape index (κ2) is 3.91. The lowest BCUT2D eigenvalue weighted by molar-refractivity contribution is 0.144. The van der Waals surface area contributed by atoms with Gasteiger partial charge in [0, 0.05) is 11.3 Å². The summed E-state index contributed by atoms with van der Waals surface area (Å²) in [6.07, 6.45) is 5.53. The van der Waals surface area contributed by atoms with E-state index in [1.54, 1.807) is 0 Å². The van der Waals surface area contributed by atoms with Crippen LogP contribution in [-0.4, -0.2) is 16.2 Å². The Hall–Kier alpha value is 0.310. The molecule has 0 aromatic rings. The number of rotatable bonds is 0. The van der Waals surface area contributed by atoms with Crippen LogP contribution in [0.1, 0.15) is 60.3 Å². The Labute approximate surface area is 105 Å². The van der Waals surface area contributed by atoms with E-state index in [0.29, 0.717) is 15.8 Å². The third-order valence-corrected chi connectivity index (χ3v) is 6.22. The zero-order chi connectivity index (χ0) is 12.0. The molecule has 1 heterocycles. The summed E-state index contributed by atoms with van der Waals surface area (Å²) in [5.41, 5.74) is 0.847. The van der Waals surface area contributed by atoms with Gasteiger partial charge in [0.2, 0.25) is 0 Å². The fraction of sp³-hybridized carbons (Fsp3) is 1.00. The van der Waals surface area contributed by atoms with Gasteiger partial charge in [-0.05, 0) is 50.9 Å². The molecule has 0 aromatic carbocycles. The first-order chi connectivity index (χ1) is 7.23. The van der Waals surface area contributed by atoms with E-state index in [0.717, 1.165) is 5.92 Å². The van der Waals surface area contributed by atoms with Gasteiger partial charge in [-0.3, -0.25) is 5.32 Å². The van der Waals surface area contributed by atoms with E-state index in [1.807, 2.05) is 0 Å². The number of hydrogen-bond acceptors (Lipinski definition) is 2. The molecular formula is C14H27NS. The maximum atomic E-state index is 3.88. The first kappa shape index (κ1) is 12.8. The highest BCUT2D eigenvalue weighted by Gasteiger charge is 2.46. The van der Waals surface area contributed by atoms with Crippen molar-refractivity contribution < 1.29 is 0 Å². The van der Waals surface area contributed by atoms with Crippen LogP contribution in [0.3, 0.4) is 0 Å². The van der Waals surface area contributed by atoms with E-state index in [1.165, 1.54) is 31.4 Å². The van der Waals surface area contributed by atoms with Gasteiger partial charge < -0.3 is 0 Å². The highest BCUT2D eigenvalue weighted by atomic mass is 32.2. The van der Waals surface area contributed by atoms with Crippen LogP contribution in [-0.2, 0) is 0 Å². The van der Waals surface area contributed by atoms with Crippen LogP contribution >= 0.6 is 11.8 Å². The van der Waals surface area contributed by atoms with Crippen LogP contribution in [0.5, 0.6) is 0 Å². The molecule has 0 aromatic heterocycles. The Bertz CT molecular complexity index is 256. The molecule has 1 nitrogen and oxygen atoms in total. The van der Waals surface area contributed by atoms with E-state index in [2.05, 4.69) is 51.7 Å². The second-order valence-electron chi connectivity index (χ2n) is 7.43. The standard InChI is InChI=1S/C14H27NS/c1-12(2,3)11-6-8-14(9-7-11)15-13(4,5)10-16-14/h11,15H,6-10H2,1-5H3. The minimum atomic E-state index is 0.346. The summed E-state index contributed by atoms with van der Waals surface area (Å²) >= 11 is 2.17. The summed E-state index contributed by atoms with van der Waals surface area (Å²) in [6, 6.07) is 0. The van der Waals surface area contributed by atoms with E-state index in [4.69, 9.17) is 0 Å². The molecule has 1 aliphatic heterocycles. The average Bonchev–Trinajstić information content (AvgIpc) is 2.41. The summed E-state index contributed by atoms with van der Waals surface area (Å²) < 4.78 is 0. The first-order valence-corrected chi connectivity index (χ1v) is 7.64. The molecule has 2 heteroatoms. The monoisotopic (exact) mass is 241 g/mol. The van der Waals surface area contributed by atoms with Gasteiger partial charge in [-0.2, -0.15) is 0 Å². The Morgan fingerprint density at radius 3 is 2.06 bits per heavy atom. The Kier molecular flexibility index (Phi) is 3.12. The lowest BCUT2D eigenvalue weighted by atomic mass is 9.71. The summed E-state index contributed by atoms with van der Waals surface area (Å²) in [6.45, 7) is 11.9. The molecule has 1 spiro atoms. The fourth-order valence-electron chi connectivity index (χ4n) is 3.23. The lowest BCUT2D eigenvalue weighted by Gasteiger charge is -2.42. The predicted octanol–water partition coefficient (Wildman–Crippen LogP) is 4.03. The predicted molar refractivity (Wildman–Crippen MR) is 73.8 cm³/mol. The molecule has 1 saturated carbocycles. The average molecular weight is 241 g/mol. The smallest absolute Gasteiger partial charge is 0.0650 e. The number of nitrogens with one attached hydrogen (secondary N) is 1. The number of hydrogen-bond donors (Lipinski definition) is 1. The zero-order valence-electron chi connectivity index (χ0n) is 11.5. The lowest BCUT2D eigenvalue weighted by Crippen LogP contribution is -2.49. The van der Waals surface area contributed by atoms with Crippen LogP contribution < -0.4 is 5.32 Å². The van der Waals surface area contributed by atoms with Crippen molar-refractivity contribution in [3.8, 4) is 0 Å². The van der Waals surface area contributed by atoms with Crippen molar-refractivity contribution >= 4 is 11.8 Å². The third kappa shape index (κ3) is 2.59. The highest BCUT2D eigenvalue weighted by Crippen LogP contribution is 2.49. The topological polar surface area (TPSA) is 12.0 Å². The van der Waals surface area contributed by atoms with Gasteiger partial charge in [0.25, 0.3) is 0 Å². The molecule has 94 valence electrons. The van der Waals surface area contributed by atoms with Crippen LogP contribution in [0, 0.1) is 11.3 Å². The quantitative estimate of drug-likeness (QED) is 0.687. The SMILES string of the molecule is CC1(C)CSC2(CCC(C(C)(C)C)CC2)N1. The molecule has 0 radical (unpaired) electrons. The van der Waals surface area contributed by atoms with Crippen molar-refractivity contribution in [3.05, 3.63) is 0 Å². The molecule has 1 N–H and O–H groups in total. The Morgan fingerprint density at radius 2 is 1.69 bits per heavy atom. The van der Waals surface area contributed by atoms with E-state index < -0.39 is 0 Å². The van der Waals surface area contributed by atoms with Gasteiger partial charge >= 0.3 is 0 Å². The van der Waals surface area contributed by atoms with Crippen LogP contribution in [0.15, 0.2) is 0 Å². The van der Waals surface area contributed by atoms with E-state index in [-0.39, 0.29) is 0 Å². The summed E-state index contributed by atoms with van der Waals surface area (Å²) in [7, 11) is 0. The largest absolute Gasteiger partial charge is 0.297 e. The first-order valence-electron chi connectivity index (χ1n) is 6.66. The van der Waals surface area contributed by atoms with Gasteiger partial charge in [0.05, 0.1) is 4.87 Å². The maximum Gasteiger partial charge on any atom is 0.0650 e. The Morgan fingerprint density at radius 1 is 1.12 bits per heavy atom. The molecule has 1 aliphatic carbocycles. The minimum Gasteiger partial charge on any atom is -0.297 e. The van der Waals surface area contributed by atoms with Crippen LogP contribution in [0.2, 0.25) is 0 Å². The molecule has 0 atom stereocenters. The van der Waals surface area contributed by atoms with E-state index >= 15 is 0 Å². The van der Waals surface area contributed by atoms with Gasteiger partial charge in [-0.25, -0.2) is 0 Å². The molecule has 0 unspecified atom stereocenters. The molecule has 0 amide bonds. The summed E-state index contributed by atoms with van der Waals surface area (Å²) in [5.74, 6) is 2.19. The molecule has 0 bridgehead atoms. The molecule has 1 saturated heterocycles. The summed E-state index contributed by atoms with van der Waals surface area (Å²) in [5, 5.41) is 3.88. The summed E-state index contributed by atoms with van der Waals surface area (Å²) in [4.78, 5) is 0.422. The van der Waals surface area contributed by atoms with Crippen molar-refractivity contribution in [2.75, 3.05) is 5.75 Å². The maximum absolute atomic E-state index is 3.88. The van der Waals surface area contributed by atoms with Gasteiger partial charge in [0.15, 0.2) is 0 Å². The Balaban J connectivity index is 1.96. The molecule has 2 fully saturated rings. The second-order valence-corrected chi connectivity index (χ2v) is 8.79. The highest BCUT2D eigenvalue weighted by molar-refractivity contribution is 8.00.